The van der Waals surface area contributed by atoms with Crippen LogP contribution < -0.4 is 14.2 Å². The van der Waals surface area contributed by atoms with Gasteiger partial charge in [0, 0.05) is 6.42 Å². The van der Waals surface area contributed by atoms with E-state index >= 15 is 0 Å². The van der Waals surface area contributed by atoms with E-state index < -0.39 is 0 Å². The molecule has 0 fully saturated rings. The fourth-order valence-electron chi connectivity index (χ4n) is 3.71. The molecule has 2 aromatic carbocycles. The molecule has 0 spiro atoms. The van der Waals surface area contributed by atoms with Crippen molar-refractivity contribution in [3.05, 3.63) is 83.8 Å². The monoisotopic (exact) mass is 446 g/mol. The average Bonchev–Trinajstić information content (AvgIpc) is 3.53. The van der Waals surface area contributed by atoms with Gasteiger partial charge in [-0.1, -0.05) is 18.2 Å². The zero-order valence-corrected chi connectivity index (χ0v) is 18.9. The number of carbonyl (C=O) groups is 1. The first-order valence-corrected chi connectivity index (χ1v) is 10.6. The molecule has 1 amide bonds. The van der Waals surface area contributed by atoms with Gasteiger partial charge >= 0.3 is 0 Å². The molecule has 1 aliphatic heterocycles. The van der Waals surface area contributed by atoms with Gasteiger partial charge in [0.1, 0.15) is 17.6 Å². The third-order valence-corrected chi connectivity index (χ3v) is 5.36. The molecule has 4 rings (SSSR count). The van der Waals surface area contributed by atoms with Crippen molar-refractivity contribution < 1.29 is 23.4 Å². The van der Waals surface area contributed by atoms with E-state index in [0.29, 0.717) is 23.7 Å². The third kappa shape index (κ3) is 4.92. The summed E-state index contributed by atoms with van der Waals surface area (Å²) < 4.78 is 22.1. The van der Waals surface area contributed by atoms with Crippen molar-refractivity contribution in [1.29, 1.82) is 0 Å². The molecule has 0 radical (unpaired) electrons. The molecule has 1 atom stereocenters. The number of hydrogen-bond acceptors (Lipinski definition) is 6. The summed E-state index contributed by atoms with van der Waals surface area (Å²) in [5.74, 6) is 2.20. The Morgan fingerprint density at radius 3 is 2.61 bits per heavy atom. The van der Waals surface area contributed by atoms with Gasteiger partial charge in [-0.05, 0) is 66.6 Å². The van der Waals surface area contributed by atoms with Gasteiger partial charge in [0.15, 0.2) is 18.1 Å². The Morgan fingerprint density at radius 2 is 1.94 bits per heavy atom. The van der Waals surface area contributed by atoms with Crippen LogP contribution in [0.3, 0.4) is 0 Å². The third-order valence-electron chi connectivity index (χ3n) is 5.36. The minimum Gasteiger partial charge on any atom is -0.497 e. The SMILES string of the molecule is C/C=C/c1ccc(OCC(=O)N2N=C(c3ccc(OC)cc3)CC2c2ccco2)c(OC)c1. The van der Waals surface area contributed by atoms with E-state index in [1.807, 2.05) is 61.5 Å². The number of rotatable bonds is 8. The maximum atomic E-state index is 13.2. The maximum Gasteiger partial charge on any atom is 0.281 e. The zero-order chi connectivity index (χ0) is 23.2. The summed E-state index contributed by atoms with van der Waals surface area (Å²) in [4.78, 5) is 13.2. The first-order valence-electron chi connectivity index (χ1n) is 10.6. The summed E-state index contributed by atoms with van der Waals surface area (Å²) in [5.41, 5.74) is 2.70. The van der Waals surface area contributed by atoms with Gasteiger partial charge in [0.25, 0.3) is 5.91 Å². The van der Waals surface area contributed by atoms with Gasteiger partial charge in [-0.3, -0.25) is 4.79 Å². The lowest BCUT2D eigenvalue weighted by atomic mass is 10.0. The Labute approximate surface area is 192 Å². The van der Waals surface area contributed by atoms with Gasteiger partial charge in [-0.15, -0.1) is 0 Å². The highest BCUT2D eigenvalue weighted by Gasteiger charge is 2.35. The van der Waals surface area contributed by atoms with E-state index in [4.69, 9.17) is 18.6 Å². The van der Waals surface area contributed by atoms with Crippen molar-refractivity contribution in [2.24, 2.45) is 5.10 Å². The fourth-order valence-corrected chi connectivity index (χ4v) is 3.71. The molecule has 170 valence electrons. The second-order valence-electron chi connectivity index (χ2n) is 7.45. The predicted molar refractivity (Wildman–Crippen MR) is 126 cm³/mol. The summed E-state index contributed by atoms with van der Waals surface area (Å²) in [6, 6.07) is 16.5. The molecule has 7 heteroatoms. The number of amides is 1. The molecule has 0 saturated heterocycles. The number of nitrogens with zero attached hydrogens (tertiary/aromatic N) is 2. The van der Waals surface area contributed by atoms with Crippen LogP contribution in [0.4, 0.5) is 0 Å². The van der Waals surface area contributed by atoms with E-state index in [-0.39, 0.29) is 18.6 Å². The normalized spacial score (nSPS) is 15.5. The number of allylic oxidation sites excluding steroid dienone is 1. The fraction of sp³-hybridized carbons (Fsp3) is 0.231. The Kier molecular flexibility index (Phi) is 6.78. The number of hydrazone groups is 1. The minimum absolute atomic E-state index is 0.185. The zero-order valence-electron chi connectivity index (χ0n) is 18.9. The number of furan rings is 1. The van der Waals surface area contributed by atoms with Crippen molar-refractivity contribution in [2.45, 2.75) is 19.4 Å². The largest absolute Gasteiger partial charge is 0.497 e. The molecule has 0 saturated carbocycles. The van der Waals surface area contributed by atoms with Crippen molar-refractivity contribution in [2.75, 3.05) is 20.8 Å². The maximum absolute atomic E-state index is 13.2. The van der Waals surface area contributed by atoms with Gasteiger partial charge < -0.3 is 18.6 Å². The highest BCUT2D eigenvalue weighted by atomic mass is 16.5. The van der Waals surface area contributed by atoms with Crippen LogP contribution >= 0.6 is 0 Å². The highest BCUT2D eigenvalue weighted by Crippen LogP contribution is 2.34. The first-order chi connectivity index (χ1) is 16.1. The molecule has 0 aliphatic carbocycles. The lowest BCUT2D eigenvalue weighted by molar-refractivity contribution is -0.135. The van der Waals surface area contributed by atoms with Gasteiger partial charge in [0.2, 0.25) is 0 Å². The van der Waals surface area contributed by atoms with E-state index in [2.05, 4.69) is 5.10 Å². The van der Waals surface area contributed by atoms with Crippen LogP contribution in [-0.2, 0) is 4.79 Å². The Hall–Kier alpha value is -4.00. The van der Waals surface area contributed by atoms with Crippen LogP contribution in [0.2, 0.25) is 0 Å². The van der Waals surface area contributed by atoms with Crippen LogP contribution in [0.1, 0.15) is 36.3 Å². The number of hydrogen-bond donors (Lipinski definition) is 0. The van der Waals surface area contributed by atoms with E-state index in [1.54, 1.807) is 32.6 Å². The van der Waals surface area contributed by atoms with Crippen molar-refractivity contribution in [3.63, 3.8) is 0 Å². The van der Waals surface area contributed by atoms with E-state index in [0.717, 1.165) is 22.6 Å². The van der Waals surface area contributed by atoms with Crippen LogP contribution in [0.25, 0.3) is 6.08 Å². The summed E-state index contributed by atoms with van der Waals surface area (Å²) in [6.07, 6.45) is 6.04. The van der Waals surface area contributed by atoms with Crippen molar-refractivity contribution in [3.8, 4) is 17.2 Å². The van der Waals surface area contributed by atoms with Crippen LogP contribution in [0.5, 0.6) is 17.2 Å². The molecule has 3 aromatic rings. The Bertz CT molecular complexity index is 1150. The Morgan fingerprint density at radius 1 is 1.12 bits per heavy atom. The Balaban J connectivity index is 1.54. The first kappa shape index (κ1) is 22.2. The van der Waals surface area contributed by atoms with Crippen LogP contribution in [0.15, 0.2) is 76.5 Å². The van der Waals surface area contributed by atoms with Gasteiger partial charge in [-0.25, -0.2) is 5.01 Å². The van der Waals surface area contributed by atoms with Gasteiger partial charge in [-0.2, -0.15) is 5.10 Å². The quantitative estimate of drug-likeness (QED) is 0.482. The molecule has 1 aliphatic rings. The molecule has 0 bridgehead atoms. The van der Waals surface area contributed by atoms with E-state index in [1.165, 1.54) is 5.01 Å². The second-order valence-corrected chi connectivity index (χ2v) is 7.45. The van der Waals surface area contributed by atoms with E-state index in [9.17, 15) is 4.79 Å². The van der Waals surface area contributed by atoms with Crippen molar-refractivity contribution >= 4 is 17.7 Å². The number of ether oxygens (including phenoxy) is 3. The van der Waals surface area contributed by atoms with Gasteiger partial charge in [0.05, 0.1) is 26.2 Å². The van der Waals surface area contributed by atoms with Crippen LogP contribution in [-0.4, -0.2) is 37.5 Å². The minimum atomic E-state index is -0.341. The average molecular weight is 447 g/mol. The molecular weight excluding hydrogens is 420 g/mol. The standard InChI is InChI=1S/C26H26N2O5/c1-4-6-18-8-13-24(25(15-18)31-3)33-17-26(29)28-22(23-7-5-14-32-23)16-21(27-28)19-9-11-20(30-2)12-10-19/h4-15,22H,16-17H2,1-3H3/b6-4+. The second kappa shape index (κ2) is 10.1. The molecule has 0 N–H and O–H groups in total. The molecule has 1 unspecified atom stereocenters. The summed E-state index contributed by atoms with van der Waals surface area (Å²) >= 11 is 0. The lowest BCUT2D eigenvalue weighted by Crippen LogP contribution is -2.31. The lowest BCUT2D eigenvalue weighted by Gasteiger charge is -2.20. The number of methoxy groups -OCH3 is 2. The summed E-state index contributed by atoms with van der Waals surface area (Å²) in [7, 11) is 3.20. The summed E-state index contributed by atoms with van der Waals surface area (Å²) in [5, 5.41) is 6.07. The van der Waals surface area contributed by atoms with Crippen molar-refractivity contribution in [1.82, 2.24) is 5.01 Å². The topological polar surface area (TPSA) is 73.5 Å². The molecule has 33 heavy (non-hydrogen) atoms. The number of benzene rings is 2. The number of carbonyl (C=O) groups excluding carboxylic acids is 1. The molecule has 2 heterocycles. The molecular formula is C26H26N2O5. The smallest absolute Gasteiger partial charge is 0.281 e. The van der Waals surface area contributed by atoms with Crippen LogP contribution in [0, 0.1) is 0 Å². The molecule has 1 aromatic heterocycles. The predicted octanol–water partition coefficient (Wildman–Crippen LogP) is 5.09. The summed E-state index contributed by atoms with van der Waals surface area (Å²) in [6.45, 7) is 1.76. The highest BCUT2D eigenvalue weighted by molar-refractivity contribution is 6.03. The molecule has 7 nitrogen and oxygen atoms in total.